The lowest BCUT2D eigenvalue weighted by Crippen LogP contribution is -2.12. The van der Waals surface area contributed by atoms with Crippen LogP contribution < -0.4 is 15.8 Å². The number of ether oxygens (including phenoxy) is 1. The first-order chi connectivity index (χ1) is 9.51. The summed E-state index contributed by atoms with van der Waals surface area (Å²) in [7, 11) is 1.52. The molecule has 0 bridgehead atoms. The van der Waals surface area contributed by atoms with Crippen LogP contribution in [0.4, 0.5) is 11.4 Å². The van der Waals surface area contributed by atoms with Crippen molar-refractivity contribution in [3.63, 3.8) is 0 Å². The number of carbonyl (C=O) groups is 1. The minimum atomic E-state index is -0.255. The number of hydrogen-bond donors (Lipinski definition) is 2. The number of anilines is 2. The molecule has 0 aromatic heterocycles. The molecule has 0 spiro atoms. The summed E-state index contributed by atoms with van der Waals surface area (Å²) in [5, 5.41) is 3.33. The third kappa shape index (κ3) is 3.03. The van der Waals surface area contributed by atoms with Gasteiger partial charge in [-0.2, -0.15) is 0 Å². The second-order valence-corrected chi connectivity index (χ2v) is 4.79. The third-order valence-corrected chi connectivity index (χ3v) is 3.32. The number of hydrogen-bond acceptors (Lipinski definition) is 3. The lowest BCUT2D eigenvalue weighted by Gasteiger charge is -2.11. The molecule has 4 nitrogen and oxygen atoms in total. The maximum Gasteiger partial charge on any atom is 0.255 e. The first-order valence-electron chi connectivity index (χ1n) is 6.02. The quantitative estimate of drug-likeness (QED) is 0.851. The lowest BCUT2D eigenvalue weighted by atomic mass is 10.1. The minimum absolute atomic E-state index is 0.255. The van der Waals surface area contributed by atoms with E-state index in [4.69, 9.17) is 22.1 Å². The molecular formula is C15H15ClN2O2. The summed E-state index contributed by atoms with van der Waals surface area (Å²) in [5.41, 5.74) is 8.21. The third-order valence-electron chi connectivity index (χ3n) is 2.91. The predicted molar refractivity (Wildman–Crippen MR) is 81.5 cm³/mol. The minimum Gasteiger partial charge on any atom is -0.494 e. The van der Waals surface area contributed by atoms with Crippen LogP contribution >= 0.6 is 11.6 Å². The van der Waals surface area contributed by atoms with Crippen LogP contribution in [-0.2, 0) is 0 Å². The highest BCUT2D eigenvalue weighted by atomic mass is 35.5. The summed E-state index contributed by atoms with van der Waals surface area (Å²) >= 11 is 6.02. The van der Waals surface area contributed by atoms with Gasteiger partial charge in [0.05, 0.1) is 12.8 Å². The fourth-order valence-electron chi connectivity index (χ4n) is 1.74. The molecule has 2 aromatic rings. The Balaban J connectivity index is 2.25. The highest BCUT2D eigenvalue weighted by Crippen LogP contribution is 2.27. The van der Waals surface area contributed by atoms with Crippen LogP contribution in [0.3, 0.4) is 0 Å². The van der Waals surface area contributed by atoms with E-state index in [0.29, 0.717) is 27.7 Å². The van der Waals surface area contributed by atoms with E-state index in [0.717, 1.165) is 5.56 Å². The molecule has 0 aliphatic rings. The smallest absolute Gasteiger partial charge is 0.255 e. The number of benzene rings is 2. The van der Waals surface area contributed by atoms with Crippen molar-refractivity contribution in [2.75, 3.05) is 18.2 Å². The highest BCUT2D eigenvalue weighted by molar-refractivity contribution is 6.31. The van der Waals surface area contributed by atoms with Crippen molar-refractivity contribution in [3.05, 3.63) is 52.5 Å². The molecule has 1 amide bonds. The largest absolute Gasteiger partial charge is 0.494 e. The van der Waals surface area contributed by atoms with Crippen LogP contribution in [0.15, 0.2) is 36.4 Å². The van der Waals surface area contributed by atoms with Gasteiger partial charge in [0, 0.05) is 22.3 Å². The summed E-state index contributed by atoms with van der Waals surface area (Å²) in [4.78, 5) is 12.2. The van der Waals surface area contributed by atoms with E-state index in [1.165, 1.54) is 7.11 Å². The van der Waals surface area contributed by atoms with Crippen molar-refractivity contribution in [2.45, 2.75) is 6.92 Å². The molecule has 20 heavy (non-hydrogen) atoms. The van der Waals surface area contributed by atoms with Crippen molar-refractivity contribution in [1.29, 1.82) is 0 Å². The predicted octanol–water partition coefficient (Wildman–Crippen LogP) is 3.49. The Morgan fingerprint density at radius 3 is 2.65 bits per heavy atom. The Kier molecular flexibility index (Phi) is 4.15. The Labute approximate surface area is 122 Å². The number of rotatable bonds is 3. The summed E-state index contributed by atoms with van der Waals surface area (Å²) in [6.45, 7) is 1.88. The van der Waals surface area contributed by atoms with Crippen LogP contribution in [0.2, 0.25) is 5.02 Å². The number of aryl methyl sites for hydroxylation is 1. The van der Waals surface area contributed by atoms with E-state index in [2.05, 4.69) is 5.32 Å². The van der Waals surface area contributed by atoms with Gasteiger partial charge in [0.2, 0.25) is 0 Å². The molecule has 0 aliphatic heterocycles. The van der Waals surface area contributed by atoms with E-state index >= 15 is 0 Å². The maximum absolute atomic E-state index is 12.2. The molecule has 104 valence electrons. The zero-order chi connectivity index (χ0) is 14.7. The average Bonchev–Trinajstić information content (AvgIpc) is 2.43. The fraction of sp³-hybridized carbons (Fsp3) is 0.133. The van der Waals surface area contributed by atoms with Crippen molar-refractivity contribution >= 4 is 28.9 Å². The Morgan fingerprint density at radius 2 is 2.00 bits per heavy atom. The molecule has 2 rings (SSSR count). The number of nitrogen functional groups attached to an aromatic ring is 1. The van der Waals surface area contributed by atoms with E-state index < -0.39 is 0 Å². The number of methoxy groups -OCH3 is 1. The first kappa shape index (κ1) is 14.2. The zero-order valence-electron chi connectivity index (χ0n) is 11.2. The van der Waals surface area contributed by atoms with E-state index in [9.17, 15) is 4.79 Å². The zero-order valence-corrected chi connectivity index (χ0v) is 12.0. The van der Waals surface area contributed by atoms with Gasteiger partial charge in [-0.05, 0) is 36.8 Å². The molecule has 0 atom stereocenters. The van der Waals surface area contributed by atoms with Gasteiger partial charge < -0.3 is 15.8 Å². The molecule has 5 heteroatoms. The van der Waals surface area contributed by atoms with E-state index in [-0.39, 0.29) is 5.91 Å². The van der Waals surface area contributed by atoms with Gasteiger partial charge in [-0.3, -0.25) is 4.79 Å². The van der Waals surface area contributed by atoms with Crippen LogP contribution in [-0.4, -0.2) is 13.0 Å². The van der Waals surface area contributed by atoms with Crippen molar-refractivity contribution in [2.24, 2.45) is 0 Å². The monoisotopic (exact) mass is 290 g/mol. The van der Waals surface area contributed by atoms with E-state index in [1.54, 1.807) is 36.4 Å². The normalized spacial score (nSPS) is 10.2. The second kappa shape index (κ2) is 5.84. The molecule has 2 aromatic carbocycles. The van der Waals surface area contributed by atoms with Gasteiger partial charge in [0.1, 0.15) is 5.75 Å². The summed E-state index contributed by atoms with van der Waals surface area (Å²) in [5.74, 6) is 0.256. The van der Waals surface area contributed by atoms with Crippen LogP contribution in [0.5, 0.6) is 5.75 Å². The van der Waals surface area contributed by atoms with Crippen molar-refractivity contribution < 1.29 is 9.53 Å². The maximum atomic E-state index is 12.2. The standard InChI is InChI=1S/C15H15ClN2O2/c1-9-3-4-10(7-12(9)16)15(19)18-13-6-5-11(17)8-14(13)20-2/h3-8H,17H2,1-2H3,(H,18,19). The molecule has 0 unspecified atom stereocenters. The number of halogens is 1. The van der Waals surface area contributed by atoms with Gasteiger partial charge in [-0.1, -0.05) is 17.7 Å². The lowest BCUT2D eigenvalue weighted by molar-refractivity contribution is 0.102. The summed E-state index contributed by atoms with van der Waals surface area (Å²) < 4.78 is 5.18. The van der Waals surface area contributed by atoms with Gasteiger partial charge >= 0.3 is 0 Å². The Bertz CT molecular complexity index is 656. The average molecular weight is 291 g/mol. The van der Waals surface area contributed by atoms with E-state index in [1.807, 2.05) is 6.92 Å². The summed E-state index contributed by atoms with van der Waals surface area (Å²) in [6, 6.07) is 10.2. The van der Waals surface area contributed by atoms with Crippen LogP contribution in [0.1, 0.15) is 15.9 Å². The summed E-state index contributed by atoms with van der Waals surface area (Å²) in [6.07, 6.45) is 0. The van der Waals surface area contributed by atoms with Crippen LogP contribution in [0, 0.1) is 6.92 Å². The Hall–Kier alpha value is -2.20. The molecule has 0 aliphatic carbocycles. The highest BCUT2D eigenvalue weighted by Gasteiger charge is 2.11. The number of carbonyl (C=O) groups excluding carboxylic acids is 1. The topological polar surface area (TPSA) is 64.3 Å². The molecular weight excluding hydrogens is 276 g/mol. The number of nitrogens with two attached hydrogens (primary N) is 1. The fourth-order valence-corrected chi connectivity index (χ4v) is 1.92. The molecule has 0 saturated carbocycles. The van der Waals surface area contributed by atoms with Crippen molar-refractivity contribution in [3.8, 4) is 5.75 Å². The van der Waals surface area contributed by atoms with Gasteiger partial charge in [-0.15, -0.1) is 0 Å². The Morgan fingerprint density at radius 1 is 1.25 bits per heavy atom. The second-order valence-electron chi connectivity index (χ2n) is 4.38. The van der Waals surface area contributed by atoms with Crippen LogP contribution in [0.25, 0.3) is 0 Å². The molecule has 0 radical (unpaired) electrons. The number of amides is 1. The molecule has 3 N–H and O–H groups in total. The van der Waals surface area contributed by atoms with Gasteiger partial charge in [0.15, 0.2) is 0 Å². The molecule has 0 heterocycles. The van der Waals surface area contributed by atoms with Gasteiger partial charge in [0.25, 0.3) is 5.91 Å². The van der Waals surface area contributed by atoms with Gasteiger partial charge in [-0.25, -0.2) is 0 Å². The first-order valence-corrected chi connectivity index (χ1v) is 6.40. The SMILES string of the molecule is COc1cc(N)ccc1NC(=O)c1ccc(C)c(Cl)c1. The molecule has 0 fully saturated rings. The van der Waals surface area contributed by atoms with Crippen molar-refractivity contribution in [1.82, 2.24) is 0 Å². The number of nitrogens with one attached hydrogen (secondary N) is 1. The molecule has 0 saturated heterocycles.